The van der Waals surface area contributed by atoms with Gasteiger partial charge in [-0.2, -0.15) is 28.0 Å². The lowest BCUT2D eigenvalue weighted by atomic mass is 9.93. The summed E-state index contributed by atoms with van der Waals surface area (Å²) in [5, 5.41) is 38.2. The van der Waals surface area contributed by atoms with Gasteiger partial charge in [0, 0.05) is 31.4 Å². The summed E-state index contributed by atoms with van der Waals surface area (Å²) in [5.41, 5.74) is -1.37. The molecule has 39 heavy (non-hydrogen) atoms. The Morgan fingerprint density at radius 2 is 1.69 bits per heavy atom. The first-order chi connectivity index (χ1) is 18.3. The standard InChI is InChI=1S/C25H24F3N5O5S/c1-16-21(15-30)23(31(2)24(36)33(16)19-5-3-4-18(13-19)25(26,27)28)20-7-6-17(14-29)12-22(20)39(37,38)32(8-10-34)9-11-35/h3-7,12-13,23,34-35H,8-11H2,1-2H3. The van der Waals surface area contributed by atoms with Crippen LogP contribution < -0.4 is 4.90 Å². The summed E-state index contributed by atoms with van der Waals surface area (Å²) in [5.74, 6) is 0. The molecular formula is C25H24F3N5O5S. The Bertz CT molecular complexity index is 1490. The molecule has 10 nitrogen and oxygen atoms in total. The highest BCUT2D eigenvalue weighted by atomic mass is 32.2. The fourth-order valence-electron chi connectivity index (χ4n) is 4.32. The van der Waals surface area contributed by atoms with Crippen LogP contribution in [0.1, 0.15) is 29.7 Å². The molecule has 206 valence electrons. The van der Waals surface area contributed by atoms with Gasteiger partial charge >= 0.3 is 12.2 Å². The lowest BCUT2D eigenvalue weighted by Gasteiger charge is -2.40. The normalized spacial score (nSPS) is 16.5. The van der Waals surface area contributed by atoms with Crippen LogP contribution in [-0.4, -0.2) is 67.2 Å². The van der Waals surface area contributed by atoms with Crippen molar-refractivity contribution in [1.82, 2.24) is 9.21 Å². The molecule has 2 amide bonds. The molecule has 1 aliphatic heterocycles. The van der Waals surface area contributed by atoms with Gasteiger partial charge in [-0.15, -0.1) is 0 Å². The lowest BCUT2D eigenvalue weighted by molar-refractivity contribution is -0.137. The molecule has 0 saturated carbocycles. The first-order valence-electron chi connectivity index (χ1n) is 11.4. The molecular weight excluding hydrogens is 539 g/mol. The van der Waals surface area contributed by atoms with Crippen LogP contribution in [0.2, 0.25) is 0 Å². The molecule has 2 aromatic rings. The van der Waals surface area contributed by atoms with Gasteiger partial charge in [0.05, 0.1) is 58.7 Å². The van der Waals surface area contributed by atoms with Crippen molar-refractivity contribution in [2.75, 3.05) is 38.3 Å². The van der Waals surface area contributed by atoms with Gasteiger partial charge in [0.2, 0.25) is 10.0 Å². The highest BCUT2D eigenvalue weighted by Gasteiger charge is 2.41. The van der Waals surface area contributed by atoms with Crippen molar-refractivity contribution < 1.29 is 36.6 Å². The van der Waals surface area contributed by atoms with Crippen molar-refractivity contribution >= 4 is 21.7 Å². The van der Waals surface area contributed by atoms with E-state index in [-0.39, 0.29) is 41.2 Å². The highest BCUT2D eigenvalue weighted by molar-refractivity contribution is 7.89. The highest BCUT2D eigenvalue weighted by Crippen LogP contribution is 2.42. The van der Waals surface area contributed by atoms with E-state index < -0.39 is 51.9 Å². The number of carbonyl (C=O) groups is 1. The Morgan fingerprint density at radius 3 is 2.23 bits per heavy atom. The zero-order valence-electron chi connectivity index (χ0n) is 20.8. The quantitative estimate of drug-likeness (QED) is 0.502. The Labute approximate surface area is 223 Å². The van der Waals surface area contributed by atoms with Crippen molar-refractivity contribution in [3.63, 3.8) is 0 Å². The second-order valence-electron chi connectivity index (χ2n) is 8.51. The predicted octanol–water partition coefficient (Wildman–Crippen LogP) is 2.96. The smallest absolute Gasteiger partial charge is 0.395 e. The third-order valence-corrected chi connectivity index (χ3v) is 8.14. The summed E-state index contributed by atoms with van der Waals surface area (Å²) in [6.45, 7) is -0.520. The van der Waals surface area contributed by atoms with Crippen molar-refractivity contribution in [3.05, 3.63) is 70.4 Å². The number of hydrogen-bond donors (Lipinski definition) is 2. The molecule has 2 N–H and O–H groups in total. The first-order valence-corrected chi connectivity index (χ1v) is 12.9. The number of anilines is 1. The van der Waals surface area contributed by atoms with Gasteiger partial charge in [-0.25, -0.2) is 13.2 Å². The van der Waals surface area contributed by atoms with Gasteiger partial charge in [-0.1, -0.05) is 12.1 Å². The number of aliphatic hydroxyl groups is 2. The van der Waals surface area contributed by atoms with Crippen LogP contribution in [-0.2, 0) is 16.2 Å². The number of carbonyl (C=O) groups excluding carboxylic acids is 1. The maximum Gasteiger partial charge on any atom is 0.416 e. The molecule has 3 rings (SSSR count). The van der Waals surface area contributed by atoms with Crippen LogP contribution in [0.4, 0.5) is 23.7 Å². The Hall–Kier alpha value is -3.95. The molecule has 1 heterocycles. The van der Waals surface area contributed by atoms with Gasteiger partial charge in [-0.05, 0) is 37.3 Å². The SMILES string of the molecule is CC1=C(C#N)C(c2ccc(C#N)cc2S(=O)(=O)N(CCO)CCO)N(C)C(=O)N1c1cccc(C(F)(F)F)c1. The molecule has 1 atom stereocenters. The van der Waals surface area contributed by atoms with Gasteiger partial charge < -0.3 is 15.1 Å². The summed E-state index contributed by atoms with van der Waals surface area (Å²) < 4.78 is 68.0. The summed E-state index contributed by atoms with van der Waals surface area (Å²) in [6.07, 6.45) is -4.68. The first kappa shape index (κ1) is 29.6. The van der Waals surface area contributed by atoms with Crippen LogP contribution >= 0.6 is 0 Å². The van der Waals surface area contributed by atoms with Gasteiger partial charge in [0.25, 0.3) is 0 Å². The number of urea groups is 1. The minimum Gasteiger partial charge on any atom is -0.395 e. The molecule has 0 spiro atoms. The zero-order chi connectivity index (χ0) is 29.1. The molecule has 0 fully saturated rings. The van der Waals surface area contributed by atoms with E-state index in [4.69, 9.17) is 0 Å². The molecule has 1 unspecified atom stereocenters. The van der Waals surface area contributed by atoms with Gasteiger partial charge in [-0.3, -0.25) is 4.90 Å². The van der Waals surface area contributed by atoms with Crippen LogP contribution in [0.5, 0.6) is 0 Å². The number of rotatable bonds is 8. The summed E-state index contributed by atoms with van der Waals surface area (Å²) in [6, 6.07) is 9.33. The third-order valence-electron chi connectivity index (χ3n) is 6.18. The molecule has 0 radical (unpaired) electrons. The number of alkyl halides is 3. The van der Waals surface area contributed by atoms with Gasteiger partial charge in [0.15, 0.2) is 0 Å². The minimum absolute atomic E-state index is 0.0137. The monoisotopic (exact) mass is 563 g/mol. The van der Waals surface area contributed by atoms with Gasteiger partial charge in [0.1, 0.15) is 0 Å². The zero-order valence-corrected chi connectivity index (χ0v) is 21.7. The van der Waals surface area contributed by atoms with E-state index in [0.717, 1.165) is 38.4 Å². The summed E-state index contributed by atoms with van der Waals surface area (Å²) in [7, 11) is -3.19. The van der Waals surface area contributed by atoms with E-state index in [9.17, 15) is 47.1 Å². The fraction of sp³-hybridized carbons (Fsp3) is 0.320. The van der Waals surface area contributed by atoms with Crippen molar-refractivity contribution in [3.8, 4) is 12.1 Å². The van der Waals surface area contributed by atoms with Crippen LogP contribution in [0.25, 0.3) is 0 Å². The molecule has 14 heteroatoms. The van der Waals surface area contributed by atoms with Crippen molar-refractivity contribution in [1.29, 1.82) is 10.5 Å². The second-order valence-corrected chi connectivity index (χ2v) is 10.4. The number of hydrogen-bond acceptors (Lipinski definition) is 7. The largest absolute Gasteiger partial charge is 0.416 e. The maximum absolute atomic E-state index is 13.6. The maximum atomic E-state index is 13.6. The number of allylic oxidation sites excluding steroid dienone is 1. The van der Waals surface area contributed by atoms with Crippen LogP contribution in [0, 0.1) is 22.7 Å². The molecule has 2 aromatic carbocycles. The number of nitrogens with zero attached hydrogens (tertiary/aromatic N) is 5. The second kappa shape index (κ2) is 11.4. The van der Waals surface area contributed by atoms with E-state index >= 15 is 0 Å². The Morgan fingerprint density at radius 1 is 1.05 bits per heavy atom. The molecule has 0 aliphatic carbocycles. The number of likely N-dealkylation sites (N-methyl/N-ethyl adjacent to an activating group) is 1. The molecule has 0 bridgehead atoms. The van der Waals surface area contributed by atoms with Crippen LogP contribution in [0.15, 0.2) is 58.6 Å². The van der Waals surface area contributed by atoms with Crippen molar-refractivity contribution in [2.45, 2.75) is 24.0 Å². The van der Waals surface area contributed by atoms with Crippen LogP contribution in [0.3, 0.4) is 0 Å². The third kappa shape index (κ3) is 5.60. The molecule has 1 aliphatic rings. The summed E-state index contributed by atoms with van der Waals surface area (Å²) >= 11 is 0. The number of aliphatic hydroxyl groups excluding tert-OH is 2. The number of sulfonamides is 1. The number of amides is 2. The van der Waals surface area contributed by atoms with E-state index in [1.807, 2.05) is 12.1 Å². The molecule has 0 aromatic heterocycles. The van der Waals surface area contributed by atoms with E-state index in [0.29, 0.717) is 0 Å². The lowest BCUT2D eigenvalue weighted by Crippen LogP contribution is -2.48. The average molecular weight is 564 g/mol. The predicted molar refractivity (Wildman–Crippen MR) is 132 cm³/mol. The Balaban J connectivity index is 2.26. The van der Waals surface area contributed by atoms with Crippen molar-refractivity contribution in [2.24, 2.45) is 0 Å². The summed E-state index contributed by atoms with van der Waals surface area (Å²) in [4.78, 5) is 15.0. The fourth-order valence-corrected chi connectivity index (χ4v) is 6.00. The van der Waals surface area contributed by atoms with E-state index in [1.54, 1.807) is 0 Å². The van der Waals surface area contributed by atoms with E-state index in [1.165, 1.54) is 32.2 Å². The number of halogens is 3. The molecule has 0 saturated heterocycles. The number of benzene rings is 2. The Kier molecular flexibility index (Phi) is 8.67. The average Bonchev–Trinajstić information content (AvgIpc) is 2.90. The number of nitriles is 2. The topological polar surface area (TPSA) is 149 Å². The van der Waals surface area contributed by atoms with E-state index in [2.05, 4.69) is 0 Å². The minimum atomic E-state index is -4.68.